The lowest BCUT2D eigenvalue weighted by Crippen LogP contribution is -2.12. The number of halogens is 1. The van der Waals surface area contributed by atoms with Gasteiger partial charge in [0.05, 0.1) is 23.1 Å². The molecule has 0 radical (unpaired) electrons. The molecule has 0 saturated carbocycles. The Morgan fingerprint density at radius 1 is 1.33 bits per heavy atom. The fourth-order valence-electron chi connectivity index (χ4n) is 1.86. The highest BCUT2D eigenvalue weighted by Gasteiger charge is 2.11. The van der Waals surface area contributed by atoms with Crippen molar-refractivity contribution in [3.8, 4) is 0 Å². The van der Waals surface area contributed by atoms with Gasteiger partial charge in [0.25, 0.3) is 0 Å². The summed E-state index contributed by atoms with van der Waals surface area (Å²) in [5, 5.41) is 0. The van der Waals surface area contributed by atoms with E-state index in [0.717, 1.165) is 11.9 Å². The summed E-state index contributed by atoms with van der Waals surface area (Å²) in [6, 6.07) is 6.21. The van der Waals surface area contributed by atoms with Gasteiger partial charge >= 0.3 is 5.97 Å². The van der Waals surface area contributed by atoms with E-state index in [-0.39, 0.29) is 6.61 Å². The third-order valence-electron chi connectivity index (χ3n) is 2.88. The van der Waals surface area contributed by atoms with Crippen LogP contribution in [0.1, 0.15) is 15.9 Å². The van der Waals surface area contributed by atoms with Gasteiger partial charge in [0.1, 0.15) is 12.4 Å². The first-order valence-electron chi connectivity index (χ1n) is 6.31. The van der Waals surface area contributed by atoms with E-state index in [1.165, 1.54) is 12.3 Å². The van der Waals surface area contributed by atoms with Crippen molar-refractivity contribution in [2.75, 3.05) is 24.7 Å². The number of carbonyl (C=O) groups excluding carboxylic acids is 1. The Kier molecular flexibility index (Phi) is 4.37. The van der Waals surface area contributed by atoms with Crippen molar-refractivity contribution < 1.29 is 13.9 Å². The number of hydrogen-bond acceptors (Lipinski definition) is 5. The van der Waals surface area contributed by atoms with Crippen LogP contribution in [0, 0.1) is 5.82 Å². The van der Waals surface area contributed by atoms with E-state index in [1.807, 2.05) is 19.0 Å². The number of aromatic nitrogens is 1. The molecule has 0 bridgehead atoms. The van der Waals surface area contributed by atoms with Crippen LogP contribution in [0.25, 0.3) is 0 Å². The van der Waals surface area contributed by atoms with Crippen LogP contribution in [0.4, 0.5) is 15.8 Å². The highest BCUT2D eigenvalue weighted by Crippen LogP contribution is 2.22. The lowest BCUT2D eigenvalue weighted by molar-refractivity contribution is 0.0472. The zero-order valence-corrected chi connectivity index (χ0v) is 11.8. The van der Waals surface area contributed by atoms with Gasteiger partial charge in [0.2, 0.25) is 0 Å². The Hall–Kier alpha value is -2.63. The van der Waals surface area contributed by atoms with Crippen LogP contribution < -0.4 is 10.6 Å². The van der Waals surface area contributed by atoms with Crippen molar-refractivity contribution in [1.29, 1.82) is 0 Å². The van der Waals surface area contributed by atoms with Gasteiger partial charge in [-0.05, 0) is 24.3 Å². The van der Waals surface area contributed by atoms with Gasteiger partial charge in [-0.2, -0.15) is 0 Å². The summed E-state index contributed by atoms with van der Waals surface area (Å²) in [7, 11) is 3.72. The first kappa shape index (κ1) is 14.8. The second-order valence-corrected chi connectivity index (χ2v) is 4.76. The molecule has 0 amide bonds. The second-order valence-electron chi connectivity index (χ2n) is 4.76. The molecule has 1 heterocycles. The summed E-state index contributed by atoms with van der Waals surface area (Å²) < 4.78 is 18.1. The number of nitrogens with two attached hydrogens (primary N) is 1. The Balaban J connectivity index is 2.05. The Morgan fingerprint density at radius 3 is 2.71 bits per heavy atom. The normalized spacial score (nSPS) is 10.2. The molecule has 0 spiro atoms. The number of benzene rings is 1. The zero-order valence-electron chi connectivity index (χ0n) is 11.8. The third-order valence-corrected chi connectivity index (χ3v) is 2.88. The number of anilines is 2. The predicted molar refractivity (Wildman–Crippen MR) is 78.5 cm³/mol. The summed E-state index contributed by atoms with van der Waals surface area (Å²) >= 11 is 0. The van der Waals surface area contributed by atoms with Crippen molar-refractivity contribution in [3.05, 3.63) is 53.6 Å². The fraction of sp³-hybridized carbons (Fsp3) is 0.200. The van der Waals surface area contributed by atoms with Gasteiger partial charge < -0.3 is 15.4 Å². The van der Waals surface area contributed by atoms with Crippen molar-refractivity contribution in [2.24, 2.45) is 0 Å². The molecule has 110 valence electrons. The van der Waals surface area contributed by atoms with E-state index in [2.05, 4.69) is 4.98 Å². The maximum Gasteiger partial charge on any atom is 0.338 e. The molecule has 0 aliphatic heterocycles. The molecule has 0 atom stereocenters. The molecule has 1 aromatic carbocycles. The molecule has 2 aromatic rings. The van der Waals surface area contributed by atoms with Gasteiger partial charge in [-0.1, -0.05) is 0 Å². The van der Waals surface area contributed by atoms with E-state index >= 15 is 0 Å². The molecule has 0 unspecified atom stereocenters. The molecule has 6 heteroatoms. The summed E-state index contributed by atoms with van der Waals surface area (Å²) in [5.41, 5.74) is 8.02. The molecular formula is C15H16FN3O2. The quantitative estimate of drug-likeness (QED) is 0.690. The van der Waals surface area contributed by atoms with Crippen molar-refractivity contribution in [2.45, 2.75) is 6.61 Å². The lowest BCUT2D eigenvalue weighted by Gasteiger charge is -2.15. The van der Waals surface area contributed by atoms with Crippen LogP contribution >= 0.6 is 0 Å². The fourth-order valence-corrected chi connectivity index (χ4v) is 1.86. The summed E-state index contributed by atoms with van der Waals surface area (Å²) in [6.07, 6.45) is 2.53. The van der Waals surface area contributed by atoms with Crippen molar-refractivity contribution in [3.63, 3.8) is 0 Å². The zero-order chi connectivity index (χ0) is 15.4. The van der Waals surface area contributed by atoms with Gasteiger partial charge in [-0.25, -0.2) is 9.18 Å². The minimum atomic E-state index is -0.517. The molecule has 2 N–H and O–H groups in total. The molecule has 1 aromatic heterocycles. The van der Waals surface area contributed by atoms with E-state index in [9.17, 15) is 9.18 Å². The SMILES string of the molecule is CN(C)c1ccc(C(=O)OCc2cncc(F)c2)cc1N. The van der Waals surface area contributed by atoms with Crippen LogP contribution in [-0.2, 0) is 11.3 Å². The van der Waals surface area contributed by atoms with E-state index in [4.69, 9.17) is 10.5 Å². The number of nitrogens with zero attached hydrogens (tertiary/aromatic N) is 2. The molecule has 0 fully saturated rings. The summed E-state index contributed by atoms with van der Waals surface area (Å²) in [6.45, 7) is -0.0427. The monoisotopic (exact) mass is 289 g/mol. The maximum absolute atomic E-state index is 13.0. The van der Waals surface area contributed by atoms with E-state index < -0.39 is 11.8 Å². The number of carbonyl (C=O) groups is 1. The number of hydrogen-bond donors (Lipinski definition) is 1. The van der Waals surface area contributed by atoms with Crippen LogP contribution in [0.3, 0.4) is 0 Å². The van der Waals surface area contributed by atoms with Gasteiger partial charge in [0.15, 0.2) is 0 Å². The molecule has 0 aliphatic rings. The minimum Gasteiger partial charge on any atom is -0.457 e. The van der Waals surface area contributed by atoms with Crippen molar-refractivity contribution >= 4 is 17.3 Å². The number of esters is 1. The van der Waals surface area contributed by atoms with Gasteiger partial charge in [-0.3, -0.25) is 4.98 Å². The van der Waals surface area contributed by atoms with E-state index in [1.54, 1.807) is 18.2 Å². The smallest absolute Gasteiger partial charge is 0.338 e. The predicted octanol–water partition coefficient (Wildman–Crippen LogP) is 2.23. The van der Waals surface area contributed by atoms with Gasteiger partial charge in [-0.15, -0.1) is 0 Å². The number of nitrogen functional groups attached to an aromatic ring is 1. The first-order chi connectivity index (χ1) is 9.97. The largest absolute Gasteiger partial charge is 0.457 e. The van der Waals surface area contributed by atoms with Crippen LogP contribution in [0.15, 0.2) is 36.7 Å². The Labute approximate surface area is 122 Å². The first-order valence-corrected chi connectivity index (χ1v) is 6.31. The average molecular weight is 289 g/mol. The highest BCUT2D eigenvalue weighted by molar-refractivity contribution is 5.92. The Morgan fingerprint density at radius 2 is 2.10 bits per heavy atom. The van der Waals surface area contributed by atoms with E-state index in [0.29, 0.717) is 16.8 Å². The summed E-state index contributed by atoms with van der Waals surface area (Å²) in [4.78, 5) is 17.5. The van der Waals surface area contributed by atoms with Crippen LogP contribution in [0.2, 0.25) is 0 Å². The lowest BCUT2D eigenvalue weighted by atomic mass is 10.1. The van der Waals surface area contributed by atoms with Crippen LogP contribution in [-0.4, -0.2) is 25.0 Å². The molecular weight excluding hydrogens is 273 g/mol. The maximum atomic E-state index is 13.0. The molecule has 2 rings (SSSR count). The number of rotatable bonds is 4. The van der Waals surface area contributed by atoms with Crippen molar-refractivity contribution in [1.82, 2.24) is 4.98 Å². The summed E-state index contributed by atoms with van der Waals surface area (Å²) in [5.74, 6) is -0.987. The number of ether oxygens (including phenoxy) is 1. The number of pyridine rings is 1. The highest BCUT2D eigenvalue weighted by atomic mass is 19.1. The minimum absolute atomic E-state index is 0.0427. The third kappa shape index (κ3) is 3.68. The van der Waals surface area contributed by atoms with Crippen LogP contribution in [0.5, 0.6) is 0 Å². The average Bonchev–Trinajstić information content (AvgIpc) is 2.44. The molecule has 0 aliphatic carbocycles. The topological polar surface area (TPSA) is 68.5 Å². The molecule has 0 saturated heterocycles. The van der Waals surface area contributed by atoms with Gasteiger partial charge in [0, 0.05) is 25.9 Å². The Bertz CT molecular complexity index is 659. The molecule has 5 nitrogen and oxygen atoms in total. The second kappa shape index (κ2) is 6.21. The standard InChI is InChI=1S/C15H16FN3O2/c1-19(2)14-4-3-11(6-13(14)17)15(20)21-9-10-5-12(16)8-18-7-10/h3-8H,9,17H2,1-2H3. The molecule has 21 heavy (non-hydrogen) atoms.